The average Bonchev–Trinajstić information content (AvgIpc) is 2.63. The van der Waals surface area contributed by atoms with E-state index in [0.29, 0.717) is 6.54 Å². The molecule has 6 nitrogen and oxygen atoms in total. The maximum absolute atomic E-state index is 11.5. The van der Waals surface area contributed by atoms with Gasteiger partial charge in [-0.05, 0) is 16.8 Å². The fourth-order valence-electron chi connectivity index (χ4n) is 1.01. The second kappa shape index (κ2) is 4.86. The zero-order chi connectivity index (χ0) is 11.3. The SMILES string of the molecule is CC(C)(C)C(=O)NCCCc1nnn[nH]1. The summed E-state index contributed by atoms with van der Waals surface area (Å²) in [5, 5.41) is 16.2. The molecule has 84 valence electrons. The fourth-order valence-corrected chi connectivity index (χ4v) is 1.01. The number of carbonyl (C=O) groups is 1. The fraction of sp³-hybridized carbons (Fsp3) is 0.778. The van der Waals surface area contributed by atoms with Gasteiger partial charge < -0.3 is 5.32 Å². The smallest absolute Gasteiger partial charge is 0.225 e. The molecule has 1 aromatic heterocycles. The van der Waals surface area contributed by atoms with Crippen LogP contribution >= 0.6 is 0 Å². The largest absolute Gasteiger partial charge is 0.356 e. The summed E-state index contributed by atoms with van der Waals surface area (Å²) in [6.45, 7) is 6.32. The zero-order valence-electron chi connectivity index (χ0n) is 9.37. The van der Waals surface area contributed by atoms with E-state index >= 15 is 0 Å². The lowest BCUT2D eigenvalue weighted by Crippen LogP contribution is -2.35. The van der Waals surface area contributed by atoms with Gasteiger partial charge in [-0.2, -0.15) is 0 Å². The molecular weight excluding hydrogens is 194 g/mol. The van der Waals surface area contributed by atoms with E-state index in [-0.39, 0.29) is 11.3 Å². The highest BCUT2D eigenvalue weighted by atomic mass is 16.2. The molecule has 0 aliphatic rings. The molecule has 0 aromatic carbocycles. The standard InChI is InChI=1S/C9H17N5O/c1-9(2,3)8(15)10-6-4-5-7-11-13-14-12-7/h4-6H2,1-3H3,(H,10,15)(H,11,12,13,14). The Morgan fingerprint density at radius 3 is 2.73 bits per heavy atom. The van der Waals surface area contributed by atoms with Crippen LogP contribution in [0.3, 0.4) is 0 Å². The van der Waals surface area contributed by atoms with E-state index in [1.165, 1.54) is 0 Å². The predicted molar refractivity (Wildman–Crippen MR) is 55.0 cm³/mol. The average molecular weight is 211 g/mol. The van der Waals surface area contributed by atoms with Crippen LogP contribution in [0, 0.1) is 5.41 Å². The van der Waals surface area contributed by atoms with Crippen LogP contribution < -0.4 is 5.32 Å². The summed E-state index contributed by atoms with van der Waals surface area (Å²) in [7, 11) is 0. The van der Waals surface area contributed by atoms with Crippen LogP contribution in [0.4, 0.5) is 0 Å². The zero-order valence-corrected chi connectivity index (χ0v) is 9.37. The molecule has 0 saturated heterocycles. The Balaban J connectivity index is 2.15. The molecule has 1 rings (SSSR count). The number of aromatic amines is 1. The van der Waals surface area contributed by atoms with Crippen molar-refractivity contribution in [2.24, 2.45) is 5.41 Å². The molecule has 0 atom stereocenters. The molecule has 2 N–H and O–H groups in total. The summed E-state index contributed by atoms with van der Waals surface area (Å²) in [5.41, 5.74) is -0.326. The Kier molecular flexibility index (Phi) is 3.76. The molecule has 6 heteroatoms. The number of aromatic nitrogens is 4. The molecule has 1 heterocycles. The van der Waals surface area contributed by atoms with Gasteiger partial charge >= 0.3 is 0 Å². The van der Waals surface area contributed by atoms with Gasteiger partial charge in [0, 0.05) is 18.4 Å². The van der Waals surface area contributed by atoms with E-state index in [0.717, 1.165) is 18.7 Å². The van der Waals surface area contributed by atoms with Crippen LogP contribution in [0.1, 0.15) is 33.0 Å². The van der Waals surface area contributed by atoms with Crippen molar-refractivity contribution in [2.45, 2.75) is 33.6 Å². The van der Waals surface area contributed by atoms with E-state index in [4.69, 9.17) is 0 Å². The number of H-pyrrole nitrogens is 1. The number of carbonyl (C=O) groups excluding carboxylic acids is 1. The first-order valence-electron chi connectivity index (χ1n) is 5.01. The number of nitrogens with zero attached hydrogens (tertiary/aromatic N) is 3. The molecule has 0 fully saturated rings. The number of rotatable bonds is 4. The maximum atomic E-state index is 11.5. The molecule has 1 aromatic rings. The van der Waals surface area contributed by atoms with Crippen molar-refractivity contribution in [2.75, 3.05) is 6.54 Å². The summed E-state index contributed by atoms with van der Waals surface area (Å²) in [5.74, 6) is 0.818. The highest BCUT2D eigenvalue weighted by Crippen LogP contribution is 2.12. The second-order valence-electron chi connectivity index (χ2n) is 4.46. The Bertz CT molecular complexity index is 301. The van der Waals surface area contributed by atoms with Gasteiger partial charge in [0.1, 0.15) is 5.82 Å². The Hall–Kier alpha value is -1.46. The maximum Gasteiger partial charge on any atom is 0.225 e. The number of amides is 1. The Morgan fingerprint density at radius 2 is 2.20 bits per heavy atom. The van der Waals surface area contributed by atoms with Crippen molar-refractivity contribution in [3.8, 4) is 0 Å². The van der Waals surface area contributed by atoms with Crippen molar-refractivity contribution in [1.82, 2.24) is 25.9 Å². The molecule has 0 spiro atoms. The highest BCUT2D eigenvalue weighted by molar-refractivity contribution is 5.81. The van der Waals surface area contributed by atoms with E-state index < -0.39 is 0 Å². The third-order valence-corrected chi connectivity index (χ3v) is 1.95. The molecule has 0 radical (unpaired) electrons. The van der Waals surface area contributed by atoms with Crippen LogP contribution in [-0.4, -0.2) is 33.1 Å². The molecule has 15 heavy (non-hydrogen) atoms. The summed E-state index contributed by atoms with van der Waals surface area (Å²) in [4.78, 5) is 11.5. The lowest BCUT2D eigenvalue weighted by atomic mass is 9.96. The van der Waals surface area contributed by atoms with E-state index in [9.17, 15) is 4.79 Å². The number of hydrogen-bond donors (Lipinski definition) is 2. The summed E-state index contributed by atoms with van der Waals surface area (Å²) >= 11 is 0. The van der Waals surface area contributed by atoms with Gasteiger partial charge in [-0.25, -0.2) is 5.10 Å². The van der Waals surface area contributed by atoms with Gasteiger partial charge in [0.25, 0.3) is 0 Å². The minimum Gasteiger partial charge on any atom is -0.356 e. The van der Waals surface area contributed by atoms with Crippen LogP contribution in [0.25, 0.3) is 0 Å². The van der Waals surface area contributed by atoms with E-state index in [2.05, 4.69) is 25.9 Å². The second-order valence-corrected chi connectivity index (χ2v) is 4.46. The summed E-state index contributed by atoms with van der Waals surface area (Å²) in [6, 6.07) is 0. The topological polar surface area (TPSA) is 83.6 Å². The number of tetrazole rings is 1. The quantitative estimate of drug-likeness (QED) is 0.701. The van der Waals surface area contributed by atoms with Crippen molar-refractivity contribution < 1.29 is 4.79 Å². The Labute approximate surface area is 88.8 Å². The van der Waals surface area contributed by atoms with E-state index in [1.807, 2.05) is 20.8 Å². The normalized spacial score (nSPS) is 11.4. The van der Waals surface area contributed by atoms with Crippen LogP contribution in [0.5, 0.6) is 0 Å². The third kappa shape index (κ3) is 4.05. The van der Waals surface area contributed by atoms with Gasteiger partial charge in [-0.1, -0.05) is 20.8 Å². The molecule has 0 saturated carbocycles. The lowest BCUT2D eigenvalue weighted by Gasteiger charge is -2.17. The molecule has 1 amide bonds. The minimum absolute atomic E-state index is 0.0678. The number of aryl methyl sites for hydroxylation is 1. The van der Waals surface area contributed by atoms with Gasteiger partial charge in [0.05, 0.1) is 0 Å². The van der Waals surface area contributed by atoms with Crippen molar-refractivity contribution in [3.63, 3.8) is 0 Å². The summed E-state index contributed by atoms with van der Waals surface area (Å²) < 4.78 is 0. The van der Waals surface area contributed by atoms with Crippen LogP contribution in [0.15, 0.2) is 0 Å². The molecule has 0 aliphatic heterocycles. The first-order chi connectivity index (χ1) is 7.00. The molecule has 0 aliphatic carbocycles. The predicted octanol–water partition coefficient (Wildman–Crippen LogP) is 0.295. The van der Waals surface area contributed by atoms with Crippen LogP contribution in [0.2, 0.25) is 0 Å². The van der Waals surface area contributed by atoms with Gasteiger partial charge in [0.2, 0.25) is 5.91 Å². The minimum atomic E-state index is -0.326. The number of nitrogens with one attached hydrogen (secondary N) is 2. The molecule has 0 unspecified atom stereocenters. The lowest BCUT2D eigenvalue weighted by molar-refractivity contribution is -0.128. The van der Waals surface area contributed by atoms with Crippen LogP contribution in [-0.2, 0) is 11.2 Å². The monoisotopic (exact) mass is 211 g/mol. The van der Waals surface area contributed by atoms with Gasteiger partial charge in [-0.15, -0.1) is 5.10 Å². The molecular formula is C9H17N5O. The Morgan fingerprint density at radius 1 is 1.47 bits per heavy atom. The first kappa shape index (κ1) is 11.6. The number of hydrogen-bond acceptors (Lipinski definition) is 4. The van der Waals surface area contributed by atoms with Gasteiger partial charge in [0.15, 0.2) is 0 Å². The van der Waals surface area contributed by atoms with Crippen molar-refractivity contribution >= 4 is 5.91 Å². The first-order valence-corrected chi connectivity index (χ1v) is 5.01. The van der Waals surface area contributed by atoms with E-state index in [1.54, 1.807) is 0 Å². The van der Waals surface area contributed by atoms with Gasteiger partial charge in [-0.3, -0.25) is 4.79 Å². The third-order valence-electron chi connectivity index (χ3n) is 1.95. The van der Waals surface area contributed by atoms with Crippen molar-refractivity contribution in [3.05, 3.63) is 5.82 Å². The molecule has 0 bridgehead atoms. The highest BCUT2D eigenvalue weighted by Gasteiger charge is 2.20. The van der Waals surface area contributed by atoms with Crippen molar-refractivity contribution in [1.29, 1.82) is 0 Å². The summed E-state index contributed by atoms with van der Waals surface area (Å²) in [6.07, 6.45) is 1.58.